The number of para-hydroxylation sites is 1. The van der Waals surface area contributed by atoms with E-state index in [-0.39, 0.29) is 11.8 Å². The molecule has 2 heterocycles. The number of thiocarbonyl (C=S) groups is 1. The highest BCUT2D eigenvalue weighted by atomic mass is 32.2. The third kappa shape index (κ3) is 3.32. The minimum absolute atomic E-state index is 0.122. The minimum atomic E-state index is -0.135. The molecule has 0 bridgehead atoms. The molecule has 138 valence electrons. The molecule has 6 heteroatoms. The molecule has 0 aromatic heterocycles. The lowest BCUT2D eigenvalue weighted by molar-refractivity contribution is -0.123. The number of hydrogen-bond acceptors (Lipinski definition) is 4. The molecule has 1 aromatic carbocycles. The van der Waals surface area contributed by atoms with Crippen molar-refractivity contribution in [2.45, 2.75) is 39.5 Å². The zero-order valence-electron chi connectivity index (χ0n) is 15.4. The van der Waals surface area contributed by atoms with Crippen LogP contribution >= 0.6 is 24.0 Å². The van der Waals surface area contributed by atoms with E-state index in [2.05, 4.69) is 13.8 Å². The number of fused-ring (bicyclic) bond motifs is 1. The van der Waals surface area contributed by atoms with Crippen LogP contribution in [-0.2, 0) is 9.59 Å². The molecule has 0 spiro atoms. The van der Waals surface area contributed by atoms with Crippen molar-refractivity contribution in [3.05, 3.63) is 34.7 Å². The molecule has 1 atom stereocenters. The van der Waals surface area contributed by atoms with Crippen LogP contribution in [0.15, 0.2) is 29.2 Å². The number of benzene rings is 1. The van der Waals surface area contributed by atoms with Crippen LogP contribution in [0.25, 0.3) is 5.57 Å². The number of carbonyl (C=O) groups is 2. The molecule has 2 aliphatic heterocycles. The van der Waals surface area contributed by atoms with Crippen molar-refractivity contribution in [1.29, 1.82) is 0 Å². The first-order valence-corrected chi connectivity index (χ1v) is 10.4. The second-order valence-electron chi connectivity index (χ2n) is 6.79. The zero-order chi connectivity index (χ0) is 18.8. The van der Waals surface area contributed by atoms with Crippen molar-refractivity contribution >= 4 is 51.4 Å². The van der Waals surface area contributed by atoms with Gasteiger partial charge in [-0.3, -0.25) is 14.5 Å². The van der Waals surface area contributed by atoms with Gasteiger partial charge in [-0.2, -0.15) is 0 Å². The van der Waals surface area contributed by atoms with E-state index >= 15 is 0 Å². The fourth-order valence-corrected chi connectivity index (χ4v) is 4.82. The van der Waals surface area contributed by atoms with E-state index in [0.29, 0.717) is 27.3 Å². The molecule has 1 saturated heterocycles. The number of carbonyl (C=O) groups excluding carboxylic acids is 2. The fourth-order valence-electron chi connectivity index (χ4n) is 3.47. The molecule has 0 unspecified atom stereocenters. The van der Waals surface area contributed by atoms with Crippen molar-refractivity contribution in [2.24, 2.45) is 5.92 Å². The minimum Gasteiger partial charge on any atom is -0.311 e. The van der Waals surface area contributed by atoms with Gasteiger partial charge in [0.2, 0.25) is 0 Å². The summed E-state index contributed by atoms with van der Waals surface area (Å²) in [5.41, 5.74) is 2.15. The van der Waals surface area contributed by atoms with E-state index < -0.39 is 0 Å². The van der Waals surface area contributed by atoms with E-state index in [9.17, 15) is 9.59 Å². The summed E-state index contributed by atoms with van der Waals surface area (Å²) in [4.78, 5) is 29.6. The number of anilines is 1. The third-order valence-electron chi connectivity index (χ3n) is 5.11. The monoisotopic (exact) mass is 388 g/mol. The maximum absolute atomic E-state index is 13.1. The van der Waals surface area contributed by atoms with Crippen molar-refractivity contribution in [3.63, 3.8) is 0 Å². The molecule has 1 fully saturated rings. The summed E-state index contributed by atoms with van der Waals surface area (Å²) < 4.78 is 0.562. The average molecular weight is 389 g/mol. The van der Waals surface area contributed by atoms with Gasteiger partial charge in [-0.1, -0.05) is 75.3 Å². The Balaban J connectivity index is 1.91. The topological polar surface area (TPSA) is 40.6 Å². The van der Waals surface area contributed by atoms with Gasteiger partial charge in [0.15, 0.2) is 0 Å². The first-order chi connectivity index (χ1) is 12.5. The predicted molar refractivity (Wildman–Crippen MR) is 112 cm³/mol. The Bertz CT molecular complexity index is 788. The Morgan fingerprint density at radius 3 is 2.58 bits per heavy atom. The van der Waals surface area contributed by atoms with Gasteiger partial charge < -0.3 is 4.90 Å². The zero-order valence-corrected chi connectivity index (χ0v) is 17.1. The van der Waals surface area contributed by atoms with E-state index in [1.165, 1.54) is 11.8 Å². The highest BCUT2D eigenvalue weighted by Crippen LogP contribution is 2.44. The number of hydrogen-bond donors (Lipinski definition) is 0. The van der Waals surface area contributed by atoms with E-state index in [4.69, 9.17) is 12.2 Å². The SMILES string of the molecule is CCCC[C@H](CC)CN1C(=O)/C(=C2/C(=O)N(C)c3ccccc32)SC1=S. The van der Waals surface area contributed by atoms with Crippen molar-refractivity contribution in [2.75, 3.05) is 18.5 Å². The molecule has 2 amide bonds. The Morgan fingerprint density at radius 1 is 1.15 bits per heavy atom. The second kappa shape index (κ2) is 7.92. The smallest absolute Gasteiger partial charge is 0.267 e. The van der Waals surface area contributed by atoms with E-state index in [1.807, 2.05) is 24.3 Å². The van der Waals surface area contributed by atoms with Gasteiger partial charge in [-0.15, -0.1) is 0 Å². The summed E-state index contributed by atoms with van der Waals surface area (Å²) in [6.07, 6.45) is 4.43. The molecule has 0 radical (unpaired) electrons. The summed E-state index contributed by atoms with van der Waals surface area (Å²) in [5.74, 6) is 0.184. The molecule has 4 nitrogen and oxygen atoms in total. The summed E-state index contributed by atoms with van der Waals surface area (Å²) in [5, 5.41) is 0. The quantitative estimate of drug-likeness (QED) is 0.533. The van der Waals surface area contributed by atoms with E-state index in [0.717, 1.165) is 36.9 Å². The Kier molecular flexibility index (Phi) is 5.82. The highest BCUT2D eigenvalue weighted by Gasteiger charge is 2.41. The third-order valence-corrected chi connectivity index (χ3v) is 6.56. The molecule has 26 heavy (non-hydrogen) atoms. The summed E-state index contributed by atoms with van der Waals surface area (Å²) in [7, 11) is 1.74. The summed E-state index contributed by atoms with van der Waals surface area (Å²) in [6.45, 7) is 4.97. The lowest BCUT2D eigenvalue weighted by atomic mass is 9.98. The normalized spacial score (nSPS) is 21.0. The van der Waals surface area contributed by atoms with Crippen LogP contribution in [0.2, 0.25) is 0 Å². The van der Waals surface area contributed by atoms with Gasteiger partial charge >= 0.3 is 0 Å². The summed E-state index contributed by atoms with van der Waals surface area (Å²) in [6, 6.07) is 7.59. The van der Waals surface area contributed by atoms with Crippen LogP contribution in [0, 0.1) is 5.92 Å². The molecular formula is C20H24N2O2S2. The van der Waals surface area contributed by atoms with Crippen LogP contribution in [0.4, 0.5) is 5.69 Å². The van der Waals surface area contributed by atoms with Crippen molar-refractivity contribution in [1.82, 2.24) is 4.90 Å². The van der Waals surface area contributed by atoms with Crippen molar-refractivity contribution < 1.29 is 9.59 Å². The van der Waals surface area contributed by atoms with Gasteiger partial charge in [-0.25, -0.2) is 0 Å². The largest absolute Gasteiger partial charge is 0.311 e. The molecule has 0 aliphatic carbocycles. The van der Waals surface area contributed by atoms with E-state index in [1.54, 1.807) is 16.8 Å². The first kappa shape index (κ1) is 19.1. The summed E-state index contributed by atoms with van der Waals surface area (Å²) >= 11 is 6.75. The lowest BCUT2D eigenvalue weighted by Gasteiger charge is -2.21. The van der Waals surface area contributed by atoms with Gasteiger partial charge in [-0.05, 0) is 18.4 Å². The van der Waals surface area contributed by atoms with Gasteiger partial charge in [0.1, 0.15) is 4.32 Å². The second-order valence-corrected chi connectivity index (χ2v) is 8.43. The molecule has 0 N–H and O–H groups in total. The Morgan fingerprint density at radius 2 is 1.88 bits per heavy atom. The number of unbranched alkanes of at least 4 members (excludes halogenated alkanes) is 1. The number of rotatable bonds is 6. The number of nitrogens with zero attached hydrogens (tertiary/aromatic N) is 2. The van der Waals surface area contributed by atoms with Crippen LogP contribution < -0.4 is 4.90 Å². The van der Waals surface area contributed by atoms with Crippen LogP contribution in [0.3, 0.4) is 0 Å². The molecule has 3 rings (SSSR count). The predicted octanol–water partition coefficient (Wildman–Crippen LogP) is 4.45. The van der Waals surface area contributed by atoms with Gasteiger partial charge in [0.05, 0.1) is 16.2 Å². The standard InChI is InChI=1S/C20H24N2O2S2/c1-4-6-9-13(5-2)12-22-19(24)17(26-20(22)25)16-14-10-7-8-11-15(14)21(3)18(16)23/h7-8,10-11,13H,4-6,9,12H2,1-3H3/b17-16-/t13-/m0/s1. The number of amides is 2. The van der Waals surface area contributed by atoms with Crippen molar-refractivity contribution in [3.8, 4) is 0 Å². The van der Waals surface area contributed by atoms with Crippen LogP contribution in [-0.4, -0.2) is 34.6 Å². The maximum atomic E-state index is 13.1. The lowest BCUT2D eigenvalue weighted by Crippen LogP contribution is -2.33. The van der Waals surface area contributed by atoms with Crippen LogP contribution in [0.1, 0.15) is 45.1 Å². The Labute approximate surface area is 164 Å². The Hall–Kier alpha value is -1.66. The molecule has 1 aromatic rings. The molecular weight excluding hydrogens is 364 g/mol. The van der Waals surface area contributed by atoms with Crippen LogP contribution in [0.5, 0.6) is 0 Å². The maximum Gasteiger partial charge on any atom is 0.267 e. The van der Waals surface area contributed by atoms with Gasteiger partial charge in [0.25, 0.3) is 11.8 Å². The highest BCUT2D eigenvalue weighted by molar-refractivity contribution is 8.26. The fraction of sp³-hybridized carbons (Fsp3) is 0.450. The molecule has 2 aliphatic rings. The number of thioether (sulfide) groups is 1. The molecule has 0 saturated carbocycles. The average Bonchev–Trinajstić information content (AvgIpc) is 3.06. The number of likely N-dealkylation sites (N-methyl/N-ethyl adjacent to an activating group) is 1. The first-order valence-electron chi connectivity index (χ1n) is 9.14. The van der Waals surface area contributed by atoms with Gasteiger partial charge in [0, 0.05) is 19.2 Å².